The predicted octanol–water partition coefficient (Wildman–Crippen LogP) is 4.08. The second-order valence-corrected chi connectivity index (χ2v) is 9.36. The van der Waals surface area contributed by atoms with Gasteiger partial charge >= 0.3 is 6.36 Å². The highest BCUT2D eigenvalue weighted by Crippen LogP contribution is 2.51. The summed E-state index contributed by atoms with van der Waals surface area (Å²) in [6, 6.07) is 5.57. The van der Waals surface area contributed by atoms with Gasteiger partial charge in [-0.3, -0.25) is 0 Å². The number of hydrogen-bond acceptors (Lipinski definition) is 8. The maximum absolute atomic E-state index is 12.7. The topological polar surface area (TPSA) is 92.0 Å². The number of anilines is 1. The minimum atomic E-state index is -4.80. The summed E-state index contributed by atoms with van der Waals surface area (Å²) in [6.07, 6.45) is -0.852. The molecular formula is C23H24F3N5O4. The molecule has 2 aromatic heterocycles. The minimum Gasteiger partial charge on any atom is -0.486 e. The summed E-state index contributed by atoms with van der Waals surface area (Å²) in [4.78, 5) is 0. The van der Waals surface area contributed by atoms with Crippen LogP contribution in [-0.2, 0) is 4.74 Å². The highest BCUT2D eigenvalue weighted by Gasteiger charge is 2.47. The number of alkyl halides is 3. The molecule has 1 aliphatic carbocycles. The van der Waals surface area contributed by atoms with E-state index in [1.54, 1.807) is 6.07 Å². The molecule has 0 bridgehead atoms. The second kappa shape index (κ2) is 8.43. The van der Waals surface area contributed by atoms with Crippen LogP contribution in [0, 0.1) is 11.3 Å². The third-order valence-electron chi connectivity index (χ3n) is 6.69. The van der Waals surface area contributed by atoms with E-state index in [0.29, 0.717) is 54.2 Å². The molecule has 0 atom stereocenters. The molecule has 9 nitrogen and oxygen atoms in total. The molecule has 2 aliphatic heterocycles. The zero-order valence-corrected chi connectivity index (χ0v) is 18.8. The van der Waals surface area contributed by atoms with Crippen molar-refractivity contribution in [3.8, 4) is 28.6 Å². The quantitative estimate of drug-likeness (QED) is 0.571. The van der Waals surface area contributed by atoms with Gasteiger partial charge in [0, 0.05) is 30.7 Å². The van der Waals surface area contributed by atoms with Gasteiger partial charge in [0.05, 0.1) is 13.2 Å². The highest BCUT2D eigenvalue weighted by molar-refractivity contribution is 5.72. The van der Waals surface area contributed by atoms with E-state index in [0.717, 1.165) is 38.9 Å². The van der Waals surface area contributed by atoms with Crippen LogP contribution in [-0.4, -0.2) is 59.1 Å². The van der Waals surface area contributed by atoms with Crippen molar-refractivity contribution in [2.45, 2.75) is 32.0 Å². The smallest absolute Gasteiger partial charge is 0.486 e. The van der Waals surface area contributed by atoms with Crippen LogP contribution in [0.1, 0.15) is 25.7 Å². The van der Waals surface area contributed by atoms with Gasteiger partial charge in [-0.05, 0) is 43.7 Å². The van der Waals surface area contributed by atoms with Gasteiger partial charge < -0.3 is 24.3 Å². The van der Waals surface area contributed by atoms with Gasteiger partial charge in [0.25, 0.3) is 0 Å². The summed E-state index contributed by atoms with van der Waals surface area (Å²) < 4.78 is 61.6. The molecule has 186 valence electrons. The molecule has 2 fully saturated rings. The lowest BCUT2D eigenvalue weighted by Gasteiger charge is -2.23. The van der Waals surface area contributed by atoms with E-state index in [-0.39, 0.29) is 17.0 Å². The number of hydrogen-bond donors (Lipinski definition) is 1. The summed E-state index contributed by atoms with van der Waals surface area (Å²) in [7, 11) is 0. The van der Waals surface area contributed by atoms with Gasteiger partial charge in [0.2, 0.25) is 17.1 Å². The fourth-order valence-corrected chi connectivity index (χ4v) is 4.41. The largest absolute Gasteiger partial charge is 0.573 e. The Morgan fingerprint density at radius 2 is 1.86 bits per heavy atom. The molecule has 12 heteroatoms. The second-order valence-electron chi connectivity index (χ2n) is 9.36. The van der Waals surface area contributed by atoms with Crippen LogP contribution in [0.25, 0.3) is 17.0 Å². The van der Waals surface area contributed by atoms with E-state index in [9.17, 15) is 13.2 Å². The number of fused-ring (bicyclic) bond motifs is 3. The first kappa shape index (κ1) is 22.2. The molecule has 1 spiro atoms. The van der Waals surface area contributed by atoms with Crippen LogP contribution in [0.5, 0.6) is 17.2 Å². The van der Waals surface area contributed by atoms with Crippen molar-refractivity contribution in [3.63, 3.8) is 0 Å². The fraction of sp³-hybridized carbons (Fsp3) is 0.522. The first-order chi connectivity index (χ1) is 16.9. The van der Waals surface area contributed by atoms with Crippen molar-refractivity contribution in [1.29, 1.82) is 0 Å². The predicted molar refractivity (Wildman–Crippen MR) is 118 cm³/mol. The summed E-state index contributed by atoms with van der Waals surface area (Å²) >= 11 is 0. The van der Waals surface area contributed by atoms with Crippen molar-refractivity contribution < 1.29 is 32.1 Å². The number of halogens is 3. The average Bonchev–Trinajstić information content (AvgIpc) is 3.53. The Balaban J connectivity index is 1.39. The first-order valence-corrected chi connectivity index (χ1v) is 11.6. The summed E-state index contributed by atoms with van der Waals surface area (Å²) in [5.74, 6) is 1.74. The molecule has 3 aliphatic rings. The zero-order chi connectivity index (χ0) is 24.0. The Morgan fingerprint density at radius 1 is 1.09 bits per heavy atom. The molecule has 0 unspecified atom stereocenters. The molecule has 0 amide bonds. The number of rotatable bonds is 5. The summed E-state index contributed by atoms with van der Waals surface area (Å²) in [5.41, 5.74) is 0.710. The monoisotopic (exact) mass is 491 g/mol. The number of ether oxygens (including phenoxy) is 4. The molecule has 1 aromatic carbocycles. The van der Waals surface area contributed by atoms with Crippen molar-refractivity contribution in [1.82, 2.24) is 19.8 Å². The molecule has 1 saturated carbocycles. The van der Waals surface area contributed by atoms with Crippen LogP contribution in [0.2, 0.25) is 0 Å². The van der Waals surface area contributed by atoms with Crippen molar-refractivity contribution >= 4 is 11.5 Å². The SMILES string of the molecule is FC(F)(F)Oc1cccc(-c2nnc3c4c(c(NCC5CCOCC5)nn23)OCC2(CC2)CO4)c1. The van der Waals surface area contributed by atoms with Crippen LogP contribution in [0.4, 0.5) is 19.0 Å². The number of nitrogens with zero attached hydrogens (tertiary/aromatic N) is 4. The zero-order valence-electron chi connectivity index (χ0n) is 18.8. The Labute approximate surface area is 198 Å². The molecule has 0 radical (unpaired) electrons. The van der Waals surface area contributed by atoms with Gasteiger partial charge in [-0.2, -0.15) is 4.52 Å². The van der Waals surface area contributed by atoms with E-state index >= 15 is 0 Å². The van der Waals surface area contributed by atoms with E-state index in [1.165, 1.54) is 22.7 Å². The molecule has 35 heavy (non-hydrogen) atoms. The van der Waals surface area contributed by atoms with Crippen molar-refractivity contribution in [2.75, 3.05) is 38.3 Å². The Bertz CT molecular complexity index is 1240. The Kier molecular flexibility index (Phi) is 5.35. The lowest BCUT2D eigenvalue weighted by molar-refractivity contribution is -0.274. The summed E-state index contributed by atoms with van der Waals surface area (Å²) in [5, 5.41) is 16.6. The standard InChI is InChI=1S/C23H24F3N5O4/c24-23(25,26)35-16-3-1-2-15(10-16)20-28-29-21-18-17(33-12-22(6-7-22)13-34-18)19(30-31(20)21)27-11-14-4-8-32-9-5-14/h1-3,10,14H,4-9,11-13H2,(H,27,30). The summed E-state index contributed by atoms with van der Waals surface area (Å²) in [6.45, 7) is 3.16. The van der Waals surface area contributed by atoms with Crippen LogP contribution in [0.15, 0.2) is 24.3 Å². The number of nitrogens with one attached hydrogen (secondary N) is 1. The molecule has 1 N–H and O–H groups in total. The molecular weight excluding hydrogens is 467 g/mol. The maximum atomic E-state index is 12.7. The van der Waals surface area contributed by atoms with Gasteiger partial charge in [0.15, 0.2) is 11.6 Å². The fourth-order valence-electron chi connectivity index (χ4n) is 4.41. The van der Waals surface area contributed by atoms with Crippen molar-refractivity contribution in [2.24, 2.45) is 11.3 Å². The number of aromatic nitrogens is 4. The number of benzene rings is 1. The Morgan fingerprint density at radius 3 is 2.60 bits per heavy atom. The molecule has 1 saturated heterocycles. The first-order valence-electron chi connectivity index (χ1n) is 11.6. The van der Waals surface area contributed by atoms with Gasteiger partial charge in [-0.15, -0.1) is 28.5 Å². The maximum Gasteiger partial charge on any atom is 0.573 e. The normalized spacial score (nSPS) is 19.5. The van der Waals surface area contributed by atoms with E-state index in [2.05, 4.69) is 20.3 Å². The van der Waals surface area contributed by atoms with Crippen LogP contribution in [0.3, 0.4) is 0 Å². The average molecular weight is 491 g/mol. The molecule has 4 heterocycles. The van der Waals surface area contributed by atoms with Gasteiger partial charge in [-0.1, -0.05) is 12.1 Å². The lowest BCUT2D eigenvalue weighted by atomic mass is 10.0. The van der Waals surface area contributed by atoms with Gasteiger partial charge in [-0.25, -0.2) is 0 Å². The third kappa shape index (κ3) is 4.54. The van der Waals surface area contributed by atoms with E-state index in [1.807, 2.05) is 0 Å². The molecule has 6 rings (SSSR count). The Hall–Kier alpha value is -3.28. The van der Waals surface area contributed by atoms with Crippen molar-refractivity contribution in [3.05, 3.63) is 24.3 Å². The van der Waals surface area contributed by atoms with Crippen LogP contribution < -0.4 is 19.5 Å². The van der Waals surface area contributed by atoms with E-state index in [4.69, 9.17) is 19.3 Å². The highest BCUT2D eigenvalue weighted by atomic mass is 19.4. The van der Waals surface area contributed by atoms with Gasteiger partial charge in [0.1, 0.15) is 5.75 Å². The van der Waals surface area contributed by atoms with E-state index < -0.39 is 6.36 Å². The minimum absolute atomic E-state index is 0.000104. The molecule has 3 aromatic rings. The lowest BCUT2D eigenvalue weighted by Crippen LogP contribution is -2.23. The third-order valence-corrected chi connectivity index (χ3v) is 6.69. The van der Waals surface area contributed by atoms with Crippen LogP contribution >= 0.6 is 0 Å².